The van der Waals surface area contributed by atoms with E-state index in [0.717, 1.165) is 17.2 Å². The van der Waals surface area contributed by atoms with Crippen LogP contribution in [0.5, 0.6) is 0 Å². The van der Waals surface area contributed by atoms with Gasteiger partial charge in [-0.1, -0.05) is 29.6 Å². The van der Waals surface area contributed by atoms with Gasteiger partial charge in [0.05, 0.1) is 10.6 Å². The maximum absolute atomic E-state index is 13.5. The van der Waals surface area contributed by atoms with Crippen LogP contribution >= 0.6 is 11.5 Å². The van der Waals surface area contributed by atoms with Gasteiger partial charge >= 0.3 is 0 Å². The normalized spacial score (nSPS) is 12.7. The minimum Gasteiger partial charge on any atom is -0.383 e. The second-order valence-electron chi connectivity index (χ2n) is 3.36. The zero-order chi connectivity index (χ0) is 11.5. The number of aliphatic hydroxyl groups is 1. The van der Waals surface area contributed by atoms with Gasteiger partial charge in [-0.25, -0.2) is 4.39 Å². The summed E-state index contributed by atoms with van der Waals surface area (Å²) >= 11 is 1.11. The number of nitrogens with zero attached hydrogens (tertiary/aromatic N) is 2. The number of hydrogen-bond donors (Lipinski definition) is 1. The largest absolute Gasteiger partial charge is 0.383 e. The molecule has 5 heteroatoms. The fraction of sp³-hybridized carbons (Fsp3) is 0.273. The van der Waals surface area contributed by atoms with Crippen LogP contribution in [0.4, 0.5) is 4.39 Å². The first-order chi connectivity index (χ1) is 7.74. The fourth-order valence-electron chi connectivity index (χ4n) is 1.51. The molecule has 0 radical (unpaired) electrons. The highest BCUT2D eigenvalue weighted by Gasteiger charge is 2.20. The first-order valence-electron chi connectivity index (χ1n) is 4.97. The topological polar surface area (TPSA) is 46.0 Å². The third-order valence-electron chi connectivity index (χ3n) is 2.37. The predicted molar refractivity (Wildman–Crippen MR) is 59.7 cm³/mol. The van der Waals surface area contributed by atoms with Gasteiger partial charge in [-0.2, -0.15) is 0 Å². The molecule has 1 heterocycles. The molecular formula is C11H11FN2OS. The van der Waals surface area contributed by atoms with E-state index < -0.39 is 11.9 Å². The lowest BCUT2D eigenvalue weighted by Crippen LogP contribution is -2.03. The first kappa shape index (κ1) is 11.2. The van der Waals surface area contributed by atoms with Gasteiger partial charge in [0, 0.05) is 5.56 Å². The van der Waals surface area contributed by atoms with Gasteiger partial charge in [-0.05, 0) is 24.0 Å². The highest BCUT2D eigenvalue weighted by molar-refractivity contribution is 7.05. The summed E-state index contributed by atoms with van der Waals surface area (Å²) in [5.74, 6) is -0.412. The number of halogens is 1. The number of rotatable bonds is 3. The number of aryl methyl sites for hydroxylation is 1. The molecule has 0 saturated carbocycles. The van der Waals surface area contributed by atoms with E-state index in [1.165, 1.54) is 6.07 Å². The summed E-state index contributed by atoms with van der Waals surface area (Å²) in [4.78, 5) is 0.618. The van der Waals surface area contributed by atoms with Crippen molar-refractivity contribution in [1.82, 2.24) is 9.59 Å². The van der Waals surface area contributed by atoms with Gasteiger partial charge < -0.3 is 5.11 Å². The van der Waals surface area contributed by atoms with Crippen LogP contribution < -0.4 is 0 Å². The molecule has 1 aromatic carbocycles. The van der Waals surface area contributed by atoms with Crippen molar-refractivity contribution in [2.24, 2.45) is 0 Å². The summed E-state index contributed by atoms with van der Waals surface area (Å²) < 4.78 is 17.2. The van der Waals surface area contributed by atoms with E-state index in [1.807, 2.05) is 6.92 Å². The van der Waals surface area contributed by atoms with Crippen molar-refractivity contribution in [2.45, 2.75) is 19.4 Å². The summed E-state index contributed by atoms with van der Waals surface area (Å²) in [6.45, 7) is 1.92. The molecule has 84 valence electrons. The minimum atomic E-state index is -0.976. The van der Waals surface area contributed by atoms with Crippen molar-refractivity contribution in [3.8, 4) is 0 Å². The standard InChI is InChI=1S/C11H11FN2OS/c1-2-9-11(16-14-13-9)10(15)7-5-3-4-6-8(7)12/h3-6,10,15H,2H2,1H3. The quantitative estimate of drug-likeness (QED) is 0.892. The third-order valence-corrected chi connectivity index (χ3v) is 3.19. The second-order valence-corrected chi connectivity index (χ2v) is 4.15. The lowest BCUT2D eigenvalue weighted by Gasteiger charge is -2.10. The number of aliphatic hydroxyl groups excluding tert-OH is 1. The molecule has 0 bridgehead atoms. The van der Waals surface area contributed by atoms with Gasteiger partial charge in [0.15, 0.2) is 0 Å². The SMILES string of the molecule is CCc1nnsc1C(O)c1ccccc1F. The van der Waals surface area contributed by atoms with Crippen molar-refractivity contribution in [3.63, 3.8) is 0 Å². The molecule has 0 amide bonds. The van der Waals surface area contributed by atoms with E-state index in [2.05, 4.69) is 9.59 Å². The maximum atomic E-state index is 13.5. The highest BCUT2D eigenvalue weighted by atomic mass is 32.1. The van der Waals surface area contributed by atoms with Crippen molar-refractivity contribution in [1.29, 1.82) is 0 Å². The van der Waals surface area contributed by atoms with Crippen LogP contribution in [0.2, 0.25) is 0 Å². The Morgan fingerprint density at radius 1 is 1.44 bits per heavy atom. The summed E-state index contributed by atoms with van der Waals surface area (Å²) in [7, 11) is 0. The molecule has 2 aromatic rings. The van der Waals surface area contributed by atoms with Crippen LogP contribution in [0.15, 0.2) is 24.3 Å². The van der Waals surface area contributed by atoms with Gasteiger partial charge in [0.1, 0.15) is 11.9 Å². The van der Waals surface area contributed by atoms with Crippen molar-refractivity contribution in [2.75, 3.05) is 0 Å². The van der Waals surface area contributed by atoms with Crippen molar-refractivity contribution < 1.29 is 9.50 Å². The van der Waals surface area contributed by atoms with Crippen LogP contribution in [0.25, 0.3) is 0 Å². The lowest BCUT2D eigenvalue weighted by atomic mass is 10.1. The third kappa shape index (κ3) is 1.96. The van der Waals surface area contributed by atoms with Crippen LogP contribution in [0.3, 0.4) is 0 Å². The summed E-state index contributed by atoms with van der Waals surface area (Å²) in [5, 5.41) is 14.0. The molecule has 0 aliphatic carbocycles. The molecule has 0 fully saturated rings. The van der Waals surface area contributed by atoms with Gasteiger partial charge in [-0.15, -0.1) is 5.10 Å². The van der Waals surface area contributed by atoms with Gasteiger partial charge in [-0.3, -0.25) is 0 Å². The molecule has 0 aliphatic rings. The fourth-order valence-corrected chi connectivity index (χ4v) is 2.25. The molecule has 1 unspecified atom stereocenters. The zero-order valence-electron chi connectivity index (χ0n) is 8.72. The summed E-state index contributed by atoms with van der Waals surface area (Å²) in [6, 6.07) is 6.19. The Morgan fingerprint density at radius 2 is 2.19 bits per heavy atom. The van der Waals surface area contributed by atoms with E-state index in [4.69, 9.17) is 0 Å². The molecule has 3 nitrogen and oxygen atoms in total. The van der Waals surface area contributed by atoms with E-state index in [0.29, 0.717) is 11.3 Å². The Labute approximate surface area is 96.7 Å². The molecular weight excluding hydrogens is 227 g/mol. The smallest absolute Gasteiger partial charge is 0.129 e. The Bertz CT molecular complexity index is 486. The summed E-state index contributed by atoms with van der Waals surface area (Å²) in [6.07, 6.45) is -0.298. The Balaban J connectivity index is 2.39. The summed E-state index contributed by atoms with van der Waals surface area (Å²) in [5.41, 5.74) is 0.990. The Kier molecular flexibility index (Phi) is 3.26. The molecule has 16 heavy (non-hydrogen) atoms. The van der Waals surface area contributed by atoms with Crippen molar-refractivity contribution in [3.05, 3.63) is 46.2 Å². The van der Waals surface area contributed by atoms with Crippen LogP contribution in [-0.4, -0.2) is 14.7 Å². The second kappa shape index (κ2) is 4.67. The predicted octanol–water partition coefficient (Wildman–Crippen LogP) is 2.32. The average molecular weight is 238 g/mol. The molecule has 1 atom stereocenters. The van der Waals surface area contributed by atoms with E-state index in [1.54, 1.807) is 18.2 Å². The van der Waals surface area contributed by atoms with Crippen LogP contribution in [0, 0.1) is 5.82 Å². The Morgan fingerprint density at radius 3 is 2.88 bits per heavy atom. The molecule has 1 N–H and O–H groups in total. The number of aromatic nitrogens is 2. The van der Waals surface area contributed by atoms with Crippen LogP contribution in [0.1, 0.15) is 29.2 Å². The Hall–Kier alpha value is -1.33. The van der Waals surface area contributed by atoms with Gasteiger partial charge in [0.2, 0.25) is 0 Å². The average Bonchev–Trinajstić information content (AvgIpc) is 2.77. The molecule has 2 rings (SSSR count). The lowest BCUT2D eigenvalue weighted by molar-refractivity contribution is 0.217. The van der Waals surface area contributed by atoms with Crippen LogP contribution in [-0.2, 0) is 6.42 Å². The van der Waals surface area contributed by atoms with E-state index >= 15 is 0 Å². The van der Waals surface area contributed by atoms with E-state index in [-0.39, 0.29) is 5.56 Å². The minimum absolute atomic E-state index is 0.267. The molecule has 0 aliphatic heterocycles. The van der Waals surface area contributed by atoms with Crippen molar-refractivity contribution >= 4 is 11.5 Å². The number of hydrogen-bond acceptors (Lipinski definition) is 4. The first-order valence-corrected chi connectivity index (χ1v) is 5.75. The molecule has 1 aromatic heterocycles. The van der Waals surface area contributed by atoms with E-state index in [9.17, 15) is 9.50 Å². The maximum Gasteiger partial charge on any atom is 0.129 e. The van der Waals surface area contributed by atoms with Gasteiger partial charge in [0.25, 0.3) is 0 Å². The molecule has 0 saturated heterocycles. The molecule has 0 spiro atoms. The zero-order valence-corrected chi connectivity index (χ0v) is 9.54. The highest BCUT2D eigenvalue weighted by Crippen LogP contribution is 2.28. The monoisotopic (exact) mass is 238 g/mol. The number of benzene rings is 1.